The lowest BCUT2D eigenvalue weighted by Crippen LogP contribution is -2.05. The Balaban J connectivity index is 2.45. The van der Waals surface area contributed by atoms with Crippen molar-refractivity contribution in [3.05, 3.63) is 29.8 Å². The molecule has 0 bridgehead atoms. The Morgan fingerprint density at radius 1 is 1.38 bits per heavy atom. The topological polar surface area (TPSA) is 40.5 Å². The largest absolute Gasteiger partial charge is 0.508 e. The van der Waals surface area contributed by atoms with Gasteiger partial charge in [-0.3, -0.25) is 0 Å². The van der Waals surface area contributed by atoms with Gasteiger partial charge < -0.3 is 10.2 Å². The zero-order valence-electron chi connectivity index (χ0n) is 7.90. The van der Waals surface area contributed by atoms with Crippen LogP contribution in [0.4, 0.5) is 0 Å². The summed E-state index contributed by atoms with van der Waals surface area (Å²) in [6.07, 6.45) is 2.16. The van der Waals surface area contributed by atoms with Crippen LogP contribution in [0.25, 0.3) is 0 Å². The van der Waals surface area contributed by atoms with E-state index >= 15 is 0 Å². The van der Waals surface area contributed by atoms with E-state index in [2.05, 4.69) is 0 Å². The van der Waals surface area contributed by atoms with Crippen molar-refractivity contribution in [2.24, 2.45) is 0 Å². The van der Waals surface area contributed by atoms with E-state index in [0.29, 0.717) is 5.75 Å². The van der Waals surface area contributed by atoms with Crippen LogP contribution in [0.2, 0.25) is 0 Å². The average Bonchev–Trinajstić information content (AvgIpc) is 2.14. The summed E-state index contributed by atoms with van der Waals surface area (Å²) in [6.45, 7) is 1.97. The Hall–Kier alpha value is -1.02. The van der Waals surface area contributed by atoms with Crippen molar-refractivity contribution in [3.63, 3.8) is 0 Å². The van der Waals surface area contributed by atoms with Crippen LogP contribution in [-0.4, -0.2) is 16.3 Å². The second-order valence-corrected chi connectivity index (χ2v) is 3.27. The first kappa shape index (κ1) is 10.1. The molecule has 0 radical (unpaired) electrons. The molecule has 1 rings (SSSR count). The van der Waals surface area contributed by atoms with E-state index in [9.17, 15) is 10.2 Å². The van der Waals surface area contributed by atoms with Crippen LogP contribution >= 0.6 is 0 Å². The van der Waals surface area contributed by atoms with Crippen molar-refractivity contribution >= 4 is 0 Å². The molecule has 0 saturated carbocycles. The van der Waals surface area contributed by atoms with E-state index < -0.39 is 0 Å². The van der Waals surface area contributed by atoms with Crippen molar-refractivity contribution in [2.45, 2.75) is 32.3 Å². The number of aliphatic hydroxyl groups is 1. The minimum Gasteiger partial charge on any atom is -0.508 e. The smallest absolute Gasteiger partial charge is 0.115 e. The third-order valence-electron chi connectivity index (χ3n) is 2.15. The molecule has 0 aliphatic heterocycles. The van der Waals surface area contributed by atoms with Crippen molar-refractivity contribution in [2.75, 3.05) is 0 Å². The van der Waals surface area contributed by atoms with Gasteiger partial charge >= 0.3 is 0 Å². The Kier molecular flexibility index (Phi) is 3.77. The van der Waals surface area contributed by atoms with Gasteiger partial charge in [-0.15, -0.1) is 0 Å². The summed E-state index contributed by atoms with van der Waals surface area (Å²) in [5.74, 6) is 0.295. The first-order valence-corrected chi connectivity index (χ1v) is 4.68. The summed E-state index contributed by atoms with van der Waals surface area (Å²) in [4.78, 5) is 0. The summed E-state index contributed by atoms with van der Waals surface area (Å²) in [6, 6.07) is 7.17. The molecule has 0 aromatic heterocycles. The number of phenols is 1. The zero-order valence-corrected chi connectivity index (χ0v) is 7.90. The second kappa shape index (κ2) is 4.87. The van der Waals surface area contributed by atoms with Crippen LogP contribution in [0.5, 0.6) is 5.75 Å². The molecule has 0 saturated heterocycles. The monoisotopic (exact) mass is 180 g/mol. The van der Waals surface area contributed by atoms with Crippen LogP contribution < -0.4 is 0 Å². The summed E-state index contributed by atoms with van der Waals surface area (Å²) in [5.41, 5.74) is 1.08. The first-order chi connectivity index (χ1) is 6.22. The fourth-order valence-electron chi connectivity index (χ4n) is 1.25. The lowest BCUT2D eigenvalue weighted by molar-refractivity contribution is 0.160. The van der Waals surface area contributed by atoms with Crippen LogP contribution in [-0.2, 0) is 6.42 Å². The van der Waals surface area contributed by atoms with Gasteiger partial charge in [0.2, 0.25) is 0 Å². The quantitative estimate of drug-likeness (QED) is 0.745. The van der Waals surface area contributed by atoms with E-state index in [1.165, 1.54) is 0 Å². The lowest BCUT2D eigenvalue weighted by Gasteiger charge is -2.07. The maximum absolute atomic E-state index is 9.33. The third kappa shape index (κ3) is 3.47. The summed E-state index contributed by atoms with van der Waals surface area (Å²) >= 11 is 0. The summed E-state index contributed by atoms with van der Waals surface area (Å²) < 4.78 is 0. The van der Waals surface area contributed by atoms with Crippen molar-refractivity contribution in [1.29, 1.82) is 0 Å². The standard InChI is InChI=1S/C11H16O2/c1-2-10(12)7-6-9-4-3-5-11(13)8-9/h3-5,8,10,12-13H,2,6-7H2,1H3. The van der Waals surface area contributed by atoms with Gasteiger partial charge in [-0.05, 0) is 37.0 Å². The van der Waals surface area contributed by atoms with Gasteiger partial charge in [-0.2, -0.15) is 0 Å². The number of aliphatic hydroxyl groups excluding tert-OH is 1. The third-order valence-corrected chi connectivity index (χ3v) is 2.15. The van der Waals surface area contributed by atoms with Crippen LogP contribution in [0.3, 0.4) is 0 Å². The zero-order chi connectivity index (χ0) is 9.68. The van der Waals surface area contributed by atoms with Crippen molar-refractivity contribution in [1.82, 2.24) is 0 Å². The van der Waals surface area contributed by atoms with E-state index in [1.807, 2.05) is 19.1 Å². The molecular weight excluding hydrogens is 164 g/mol. The van der Waals surface area contributed by atoms with Crippen LogP contribution in [0, 0.1) is 0 Å². The predicted molar refractivity (Wildman–Crippen MR) is 52.7 cm³/mol. The molecule has 0 spiro atoms. The van der Waals surface area contributed by atoms with Gasteiger partial charge in [-0.25, -0.2) is 0 Å². The van der Waals surface area contributed by atoms with Crippen molar-refractivity contribution < 1.29 is 10.2 Å². The average molecular weight is 180 g/mol. The molecule has 0 amide bonds. The Labute approximate surface area is 78.8 Å². The Morgan fingerprint density at radius 2 is 2.15 bits per heavy atom. The Bertz CT molecular complexity index is 258. The molecule has 13 heavy (non-hydrogen) atoms. The van der Waals surface area contributed by atoms with Crippen molar-refractivity contribution in [3.8, 4) is 5.75 Å². The predicted octanol–water partition coefficient (Wildman–Crippen LogP) is 2.10. The maximum Gasteiger partial charge on any atom is 0.115 e. The molecule has 1 aromatic rings. The summed E-state index contributed by atoms with van der Waals surface area (Å²) in [5, 5.41) is 18.5. The minimum atomic E-state index is -0.220. The molecule has 0 aliphatic carbocycles. The normalized spacial score (nSPS) is 12.8. The molecular formula is C11H16O2. The number of aryl methyl sites for hydroxylation is 1. The lowest BCUT2D eigenvalue weighted by atomic mass is 10.1. The van der Waals surface area contributed by atoms with Gasteiger partial charge in [0.15, 0.2) is 0 Å². The number of phenolic OH excluding ortho intramolecular Hbond substituents is 1. The highest BCUT2D eigenvalue weighted by Gasteiger charge is 2.01. The summed E-state index contributed by atoms with van der Waals surface area (Å²) in [7, 11) is 0. The van der Waals surface area contributed by atoms with Gasteiger partial charge in [0.1, 0.15) is 5.75 Å². The van der Waals surface area contributed by atoms with Gasteiger partial charge in [0.25, 0.3) is 0 Å². The molecule has 72 valence electrons. The highest BCUT2D eigenvalue weighted by molar-refractivity contribution is 5.27. The number of hydrogen-bond acceptors (Lipinski definition) is 2. The second-order valence-electron chi connectivity index (χ2n) is 3.27. The highest BCUT2D eigenvalue weighted by atomic mass is 16.3. The highest BCUT2D eigenvalue weighted by Crippen LogP contribution is 2.13. The van der Waals surface area contributed by atoms with E-state index in [4.69, 9.17) is 0 Å². The molecule has 0 heterocycles. The van der Waals surface area contributed by atoms with E-state index in [-0.39, 0.29) is 6.10 Å². The molecule has 0 fully saturated rings. The fraction of sp³-hybridized carbons (Fsp3) is 0.455. The molecule has 2 heteroatoms. The number of aromatic hydroxyl groups is 1. The maximum atomic E-state index is 9.33. The first-order valence-electron chi connectivity index (χ1n) is 4.68. The fourth-order valence-corrected chi connectivity index (χ4v) is 1.25. The van der Waals surface area contributed by atoms with Crippen LogP contribution in [0.15, 0.2) is 24.3 Å². The van der Waals surface area contributed by atoms with Gasteiger partial charge in [0.05, 0.1) is 6.10 Å². The number of benzene rings is 1. The molecule has 1 unspecified atom stereocenters. The minimum absolute atomic E-state index is 0.220. The van der Waals surface area contributed by atoms with Crippen LogP contribution in [0.1, 0.15) is 25.3 Å². The number of rotatable bonds is 4. The SMILES string of the molecule is CCC(O)CCc1cccc(O)c1. The van der Waals surface area contributed by atoms with Gasteiger partial charge in [0, 0.05) is 0 Å². The Morgan fingerprint density at radius 3 is 2.77 bits per heavy atom. The molecule has 1 aromatic carbocycles. The molecule has 0 aliphatic rings. The van der Waals surface area contributed by atoms with E-state index in [1.54, 1.807) is 12.1 Å². The molecule has 2 N–H and O–H groups in total. The van der Waals surface area contributed by atoms with Gasteiger partial charge in [-0.1, -0.05) is 19.1 Å². The number of hydrogen-bond donors (Lipinski definition) is 2. The molecule has 1 atom stereocenters. The van der Waals surface area contributed by atoms with E-state index in [0.717, 1.165) is 24.8 Å². The molecule has 2 nitrogen and oxygen atoms in total.